The van der Waals surface area contributed by atoms with Crippen molar-refractivity contribution in [1.29, 1.82) is 0 Å². The highest BCUT2D eigenvalue weighted by Gasteiger charge is 2.24. The van der Waals surface area contributed by atoms with Crippen molar-refractivity contribution < 1.29 is 0 Å². The molecule has 0 aliphatic heterocycles. The molecular weight excluding hydrogens is 232 g/mol. The third kappa shape index (κ3) is 2.77. The van der Waals surface area contributed by atoms with E-state index in [1.807, 2.05) is 6.20 Å². The van der Waals surface area contributed by atoms with Gasteiger partial charge in [-0.15, -0.1) is 0 Å². The third-order valence-corrected chi connectivity index (χ3v) is 4.95. The number of nitrogens with two attached hydrogens (primary N) is 1. The van der Waals surface area contributed by atoms with Gasteiger partial charge in [0.25, 0.3) is 0 Å². The molecule has 3 rings (SSSR count). The number of nitrogen functional groups attached to an aromatic ring is 1. The Morgan fingerprint density at radius 2 is 1.58 bits per heavy atom. The molecular formula is C17H26N2. The van der Waals surface area contributed by atoms with E-state index < -0.39 is 0 Å². The van der Waals surface area contributed by atoms with Crippen LogP contribution in [-0.4, -0.2) is 4.98 Å². The summed E-state index contributed by atoms with van der Waals surface area (Å²) < 4.78 is 0. The van der Waals surface area contributed by atoms with Crippen LogP contribution in [0.1, 0.15) is 80.5 Å². The van der Waals surface area contributed by atoms with Crippen molar-refractivity contribution >= 4 is 5.69 Å². The highest BCUT2D eigenvalue weighted by atomic mass is 14.7. The van der Waals surface area contributed by atoms with Gasteiger partial charge in [-0.1, -0.05) is 38.5 Å². The van der Waals surface area contributed by atoms with E-state index in [-0.39, 0.29) is 0 Å². The molecule has 2 heteroatoms. The number of aryl methyl sites for hydroxylation is 1. The van der Waals surface area contributed by atoms with E-state index in [1.54, 1.807) is 0 Å². The quantitative estimate of drug-likeness (QED) is 0.812. The SMILES string of the molecule is Nc1cnc2c(c1C1CCCCCCCC1)CCC2. The van der Waals surface area contributed by atoms with Crippen molar-refractivity contribution in [3.05, 3.63) is 23.0 Å². The van der Waals surface area contributed by atoms with Gasteiger partial charge in [-0.3, -0.25) is 4.98 Å². The summed E-state index contributed by atoms with van der Waals surface area (Å²) in [5.41, 5.74) is 11.6. The number of rotatable bonds is 1. The summed E-state index contributed by atoms with van der Waals surface area (Å²) in [4.78, 5) is 4.55. The second-order valence-electron chi connectivity index (χ2n) is 6.30. The maximum Gasteiger partial charge on any atom is 0.0538 e. The van der Waals surface area contributed by atoms with Crippen LogP contribution in [0.3, 0.4) is 0 Å². The largest absolute Gasteiger partial charge is 0.397 e. The van der Waals surface area contributed by atoms with Gasteiger partial charge in [0.1, 0.15) is 0 Å². The fraction of sp³-hybridized carbons (Fsp3) is 0.706. The number of fused-ring (bicyclic) bond motifs is 1. The van der Waals surface area contributed by atoms with Gasteiger partial charge >= 0.3 is 0 Å². The maximum absolute atomic E-state index is 6.29. The second-order valence-corrected chi connectivity index (χ2v) is 6.30. The van der Waals surface area contributed by atoms with Gasteiger partial charge in [-0.2, -0.15) is 0 Å². The Bertz CT molecular complexity index is 429. The lowest BCUT2D eigenvalue weighted by Gasteiger charge is -2.21. The normalized spacial score (nSPS) is 21.5. The van der Waals surface area contributed by atoms with Gasteiger partial charge in [0, 0.05) is 5.69 Å². The van der Waals surface area contributed by atoms with Crippen LogP contribution in [0, 0.1) is 0 Å². The van der Waals surface area contributed by atoms with E-state index in [2.05, 4.69) is 4.98 Å². The van der Waals surface area contributed by atoms with Gasteiger partial charge in [-0.05, 0) is 49.1 Å². The minimum absolute atomic E-state index is 0.702. The van der Waals surface area contributed by atoms with Crippen molar-refractivity contribution in [1.82, 2.24) is 4.98 Å². The third-order valence-electron chi connectivity index (χ3n) is 4.95. The minimum Gasteiger partial charge on any atom is -0.397 e. The Kier molecular flexibility index (Phi) is 4.05. The highest BCUT2D eigenvalue weighted by molar-refractivity contribution is 5.54. The average Bonchev–Trinajstić information content (AvgIpc) is 2.91. The number of pyridine rings is 1. The predicted molar refractivity (Wildman–Crippen MR) is 80.4 cm³/mol. The Balaban J connectivity index is 1.88. The Labute approximate surface area is 116 Å². The topological polar surface area (TPSA) is 38.9 Å². The van der Waals surface area contributed by atoms with Crippen molar-refractivity contribution in [3.8, 4) is 0 Å². The molecule has 0 amide bonds. The van der Waals surface area contributed by atoms with Crippen LogP contribution in [0.2, 0.25) is 0 Å². The van der Waals surface area contributed by atoms with Crippen LogP contribution in [-0.2, 0) is 12.8 Å². The van der Waals surface area contributed by atoms with E-state index in [0.717, 1.165) is 12.1 Å². The molecule has 0 bridgehead atoms. The minimum atomic E-state index is 0.702. The molecule has 2 aliphatic rings. The fourth-order valence-corrected chi connectivity index (χ4v) is 3.96. The maximum atomic E-state index is 6.29. The summed E-state index contributed by atoms with van der Waals surface area (Å²) in [6.45, 7) is 0. The van der Waals surface area contributed by atoms with Crippen LogP contribution < -0.4 is 5.73 Å². The standard InChI is InChI=1S/C17H26N2/c18-15-12-19-16-11-7-10-14(16)17(15)13-8-5-3-1-2-4-6-9-13/h12-13H,1-11,18H2. The van der Waals surface area contributed by atoms with Crippen LogP contribution in [0.5, 0.6) is 0 Å². The zero-order chi connectivity index (χ0) is 13.1. The highest BCUT2D eigenvalue weighted by Crippen LogP contribution is 2.38. The molecule has 2 N–H and O–H groups in total. The molecule has 104 valence electrons. The predicted octanol–water partition coefficient (Wildman–Crippen LogP) is 4.37. The van der Waals surface area contributed by atoms with Crippen LogP contribution >= 0.6 is 0 Å². The molecule has 0 aromatic carbocycles. The summed E-state index contributed by atoms with van der Waals surface area (Å²) in [6.07, 6.45) is 16.6. The van der Waals surface area contributed by atoms with Gasteiger partial charge < -0.3 is 5.73 Å². The van der Waals surface area contributed by atoms with E-state index in [4.69, 9.17) is 5.73 Å². The molecule has 0 unspecified atom stereocenters. The molecule has 1 aromatic rings. The number of nitrogens with zero attached hydrogens (tertiary/aromatic N) is 1. The van der Waals surface area contributed by atoms with Crippen molar-refractivity contribution in [2.45, 2.75) is 76.5 Å². The Hall–Kier alpha value is -1.05. The molecule has 1 heterocycles. The van der Waals surface area contributed by atoms with Crippen molar-refractivity contribution in [2.24, 2.45) is 0 Å². The van der Waals surface area contributed by atoms with Gasteiger partial charge in [0.05, 0.1) is 11.9 Å². The molecule has 0 radical (unpaired) electrons. The zero-order valence-corrected chi connectivity index (χ0v) is 12.0. The average molecular weight is 258 g/mol. The smallest absolute Gasteiger partial charge is 0.0538 e. The first-order valence-corrected chi connectivity index (χ1v) is 8.12. The Morgan fingerprint density at radius 1 is 0.895 bits per heavy atom. The summed E-state index contributed by atoms with van der Waals surface area (Å²) in [5.74, 6) is 0.702. The lowest BCUT2D eigenvalue weighted by Crippen LogP contribution is -2.08. The molecule has 19 heavy (non-hydrogen) atoms. The first kappa shape index (κ1) is 13.0. The summed E-state index contributed by atoms with van der Waals surface area (Å²) in [7, 11) is 0. The molecule has 0 atom stereocenters. The first-order chi connectivity index (χ1) is 9.36. The number of anilines is 1. The van der Waals surface area contributed by atoms with E-state index >= 15 is 0 Å². The Morgan fingerprint density at radius 3 is 2.32 bits per heavy atom. The number of aromatic nitrogens is 1. The summed E-state index contributed by atoms with van der Waals surface area (Å²) >= 11 is 0. The first-order valence-electron chi connectivity index (χ1n) is 8.12. The second kappa shape index (κ2) is 5.94. The lowest BCUT2D eigenvalue weighted by molar-refractivity contribution is 0.537. The van der Waals surface area contributed by atoms with Crippen LogP contribution in [0.25, 0.3) is 0 Å². The van der Waals surface area contributed by atoms with Crippen molar-refractivity contribution in [2.75, 3.05) is 5.73 Å². The lowest BCUT2D eigenvalue weighted by atomic mass is 9.85. The molecule has 1 aromatic heterocycles. The molecule has 1 fully saturated rings. The monoisotopic (exact) mass is 258 g/mol. The van der Waals surface area contributed by atoms with Crippen molar-refractivity contribution in [3.63, 3.8) is 0 Å². The van der Waals surface area contributed by atoms with E-state index in [1.165, 1.54) is 81.0 Å². The van der Waals surface area contributed by atoms with Crippen LogP contribution in [0.15, 0.2) is 6.20 Å². The zero-order valence-electron chi connectivity index (χ0n) is 12.0. The van der Waals surface area contributed by atoms with Gasteiger partial charge in [-0.25, -0.2) is 0 Å². The number of hydrogen-bond donors (Lipinski definition) is 1. The molecule has 2 nitrogen and oxygen atoms in total. The molecule has 1 saturated carbocycles. The molecule has 0 spiro atoms. The summed E-state index contributed by atoms with van der Waals surface area (Å²) in [6, 6.07) is 0. The van der Waals surface area contributed by atoms with Gasteiger partial charge in [0.15, 0.2) is 0 Å². The van der Waals surface area contributed by atoms with E-state index in [0.29, 0.717) is 5.92 Å². The fourth-order valence-electron chi connectivity index (χ4n) is 3.96. The molecule has 0 saturated heterocycles. The van der Waals surface area contributed by atoms with Gasteiger partial charge in [0.2, 0.25) is 0 Å². The van der Waals surface area contributed by atoms with Crippen LogP contribution in [0.4, 0.5) is 5.69 Å². The summed E-state index contributed by atoms with van der Waals surface area (Å²) in [5, 5.41) is 0. The van der Waals surface area contributed by atoms with E-state index in [9.17, 15) is 0 Å². The molecule has 2 aliphatic carbocycles. The number of hydrogen-bond acceptors (Lipinski definition) is 2.